The molecule has 2 N–H and O–H groups in total. The number of ether oxygens (including phenoxy) is 1. The summed E-state index contributed by atoms with van der Waals surface area (Å²) in [6, 6.07) is 9.62. The molecule has 1 heterocycles. The van der Waals surface area contributed by atoms with Gasteiger partial charge in [-0.3, -0.25) is 0 Å². The zero-order valence-corrected chi connectivity index (χ0v) is 9.64. The molecule has 0 bridgehead atoms. The number of rotatable bonds is 2. The fraction of sp³-hybridized carbons (Fsp3) is 0.0769. The standard InChI is InChI=1S/C13H10FN3O/c1-8-3-2-4-11(13(8)14)18-12-6-5-9(16)10(7-15)17-12/h2-6H,16H2,1H3. The molecule has 90 valence electrons. The number of nitriles is 1. The van der Waals surface area contributed by atoms with E-state index in [0.717, 1.165) is 0 Å². The summed E-state index contributed by atoms with van der Waals surface area (Å²) in [5.41, 5.74) is 6.32. The predicted molar refractivity (Wildman–Crippen MR) is 64.6 cm³/mol. The fourth-order valence-corrected chi connectivity index (χ4v) is 1.41. The first-order chi connectivity index (χ1) is 8.61. The molecule has 0 aliphatic carbocycles. The number of halogens is 1. The van der Waals surface area contributed by atoms with E-state index in [1.54, 1.807) is 19.1 Å². The molecule has 1 aromatic carbocycles. The largest absolute Gasteiger partial charge is 0.436 e. The molecule has 5 heteroatoms. The SMILES string of the molecule is Cc1cccc(Oc2ccc(N)c(C#N)n2)c1F. The van der Waals surface area contributed by atoms with Crippen LogP contribution < -0.4 is 10.5 Å². The van der Waals surface area contributed by atoms with Crippen LogP contribution in [0.4, 0.5) is 10.1 Å². The average molecular weight is 243 g/mol. The number of anilines is 1. The summed E-state index contributed by atoms with van der Waals surface area (Å²) in [6.07, 6.45) is 0. The summed E-state index contributed by atoms with van der Waals surface area (Å²) < 4.78 is 19.0. The van der Waals surface area contributed by atoms with Crippen LogP contribution in [-0.4, -0.2) is 4.98 Å². The van der Waals surface area contributed by atoms with Crippen molar-refractivity contribution in [2.75, 3.05) is 5.73 Å². The lowest BCUT2D eigenvalue weighted by atomic mass is 10.2. The lowest BCUT2D eigenvalue weighted by molar-refractivity contribution is 0.425. The van der Waals surface area contributed by atoms with Crippen LogP contribution in [0.15, 0.2) is 30.3 Å². The van der Waals surface area contributed by atoms with Crippen molar-refractivity contribution < 1.29 is 9.13 Å². The summed E-state index contributed by atoms with van der Waals surface area (Å²) in [7, 11) is 0. The maximum absolute atomic E-state index is 13.7. The highest BCUT2D eigenvalue weighted by atomic mass is 19.1. The van der Waals surface area contributed by atoms with Gasteiger partial charge in [0.15, 0.2) is 17.3 Å². The monoisotopic (exact) mass is 243 g/mol. The van der Waals surface area contributed by atoms with E-state index in [0.29, 0.717) is 5.56 Å². The van der Waals surface area contributed by atoms with Gasteiger partial charge < -0.3 is 10.5 Å². The molecular weight excluding hydrogens is 233 g/mol. The van der Waals surface area contributed by atoms with Crippen LogP contribution in [0.25, 0.3) is 0 Å². The molecule has 2 aromatic rings. The van der Waals surface area contributed by atoms with Gasteiger partial charge in [-0.05, 0) is 24.6 Å². The van der Waals surface area contributed by atoms with Crippen LogP contribution in [0.5, 0.6) is 11.6 Å². The summed E-state index contributed by atoms with van der Waals surface area (Å²) in [4.78, 5) is 3.88. The molecule has 0 saturated heterocycles. The van der Waals surface area contributed by atoms with Gasteiger partial charge in [0.05, 0.1) is 5.69 Å². The summed E-state index contributed by atoms with van der Waals surface area (Å²) in [5.74, 6) is -0.254. The van der Waals surface area contributed by atoms with Crippen molar-refractivity contribution in [1.82, 2.24) is 4.98 Å². The first-order valence-electron chi connectivity index (χ1n) is 5.21. The maximum atomic E-state index is 13.7. The quantitative estimate of drug-likeness (QED) is 0.880. The van der Waals surface area contributed by atoms with Gasteiger partial charge in [-0.2, -0.15) is 5.26 Å². The Balaban J connectivity index is 2.35. The van der Waals surface area contributed by atoms with Gasteiger partial charge in [-0.25, -0.2) is 9.37 Å². The Kier molecular flexibility index (Phi) is 3.11. The Morgan fingerprint density at radius 1 is 1.33 bits per heavy atom. The van der Waals surface area contributed by atoms with Crippen LogP contribution in [0.2, 0.25) is 0 Å². The van der Waals surface area contributed by atoms with Gasteiger partial charge in [0, 0.05) is 6.07 Å². The van der Waals surface area contributed by atoms with Crippen molar-refractivity contribution in [1.29, 1.82) is 5.26 Å². The van der Waals surface area contributed by atoms with E-state index in [-0.39, 0.29) is 23.0 Å². The second-order valence-electron chi connectivity index (χ2n) is 3.69. The van der Waals surface area contributed by atoms with Crippen molar-refractivity contribution in [2.45, 2.75) is 6.92 Å². The molecule has 0 amide bonds. The van der Waals surface area contributed by atoms with Crippen LogP contribution in [0.1, 0.15) is 11.3 Å². The molecule has 4 nitrogen and oxygen atoms in total. The third-order valence-electron chi connectivity index (χ3n) is 2.38. The zero-order chi connectivity index (χ0) is 13.1. The Labute approximate surface area is 103 Å². The van der Waals surface area contributed by atoms with E-state index in [1.165, 1.54) is 18.2 Å². The fourth-order valence-electron chi connectivity index (χ4n) is 1.41. The van der Waals surface area contributed by atoms with E-state index < -0.39 is 5.82 Å². The molecule has 0 aliphatic rings. The Bertz CT molecular complexity index is 635. The molecule has 2 rings (SSSR count). The van der Waals surface area contributed by atoms with Crippen LogP contribution >= 0.6 is 0 Å². The van der Waals surface area contributed by atoms with Gasteiger partial charge in [-0.1, -0.05) is 12.1 Å². The van der Waals surface area contributed by atoms with E-state index >= 15 is 0 Å². The molecule has 0 saturated carbocycles. The minimum absolute atomic E-state index is 0.0561. The molecule has 0 aliphatic heterocycles. The maximum Gasteiger partial charge on any atom is 0.220 e. The number of nitrogens with two attached hydrogens (primary N) is 1. The molecule has 0 fully saturated rings. The van der Waals surface area contributed by atoms with Crippen LogP contribution in [0, 0.1) is 24.1 Å². The predicted octanol–water partition coefficient (Wildman–Crippen LogP) is 2.78. The molecule has 0 unspecified atom stereocenters. The highest BCUT2D eigenvalue weighted by Crippen LogP contribution is 2.25. The van der Waals surface area contributed by atoms with Crippen molar-refractivity contribution in [3.8, 4) is 17.7 Å². The number of pyridine rings is 1. The topological polar surface area (TPSA) is 71.9 Å². The van der Waals surface area contributed by atoms with E-state index in [2.05, 4.69) is 4.98 Å². The van der Waals surface area contributed by atoms with Crippen LogP contribution in [0.3, 0.4) is 0 Å². The van der Waals surface area contributed by atoms with Crippen LogP contribution in [-0.2, 0) is 0 Å². The zero-order valence-electron chi connectivity index (χ0n) is 9.64. The van der Waals surface area contributed by atoms with Crippen molar-refractivity contribution in [3.63, 3.8) is 0 Å². The normalized spacial score (nSPS) is 9.83. The van der Waals surface area contributed by atoms with Crippen molar-refractivity contribution >= 4 is 5.69 Å². The summed E-state index contributed by atoms with van der Waals surface area (Å²) >= 11 is 0. The highest BCUT2D eigenvalue weighted by Gasteiger charge is 2.09. The van der Waals surface area contributed by atoms with Gasteiger partial charge >= 0.3 is 0 Å². The summed E-state index contributed by atoms with van der Waals surface area (Å²) in [6.45, 7) is 1.64. The highest BCUT2D eigenvalue weighted by molar-refractivity contribution is 5.51. The molecule has 18 heavy (non-hydrogen) atoms. The van der Waals surface area contributed by atoms with Crippen molar-refractivity contribution in [2.24, 2.45) is 0 Å². The minimum atomic E-state index is -0.449. The minimum Gasteiger partial charge on any atom is -0.436 e. The Morgan fingerprint density at radius 3 is 2.83 bits per heavy atom. The molecule has 1 aromatic heterocycles. The van der Waals surface area contributed by atoms with Crippen molar-refractivity contribution in [3.05, 3.63) is 47.4 Å². The number of benzene rings is 1. The third kappa shape index (κ3) is 2.23. The number of hydrogen-bond donors (Lipinski definition) is 1. The number of nitrogens with zero attached hydrogens (tertiary/aromatic N) is 2. The van der Waals surface area contributed by atoms with Gasteiger partial charge in [-0.15, -0.1) is 0 Å². The number of aromatic nitrogens is 1. The van der Waals surface area contributed by atoms with E-state index in [9.17, 15) is 4.39 Å². The lowest BCUT2D eigenvalue weighted by Gasteiger charge is -2.07. The van der Waals surface area contributed by atoms with Gasteiger partial charge in [0.1, 0.15) is 6.07 Å². The third-order valence-corrected chi connectivity index (χ3v) is 2.38. The molecule has 0 atom stereocenters. The Hall–Kier alpha value is -2.61. The Morgan fingerprint density at radius 2 is 2.11 bits per heavy atom. The smallest absolute Gasteiger partial charge is 0.220 e. The lowest BCUT2D eigenvalue weighted by Crippen LogP contribution is -1.97. The number of hydrogen-bond acceptors (Lipinski definition) is 4. The van der Waals surface area contributed by atoms with E-state index in [1.807, 2.05) is 6.07 Å². The van der Waals surface area contributed by atoms with Gasteiger partial charge in [0.25, 0.3) is 0 Å². The molecule has 0 spiro atoms. The number of nitrogen functional groups attached to an aromatic ring is 1. The second kappa shape index (κ2) is 4.72. The first-order valence-corrected chi connectivity index (χ1v) is 5.21. The average Bonchev–Trinajstić information content (AvgIpc) is 2.37. The van der Waals surface area contributed by atoms with Gasteiger partial charge in [0.2, 0.25) is 5.88 Å². The number of aryl methyl sites for hydroxylation is 1. The van der Waals surface area contributed by atoms with E-state index in [4.69, 9.17) is 15.7 Å². The second-order valence-corrected chi connectivity index (χ2v) is 3.69. The first kappa shape index (κ1) is 11.9. The molecule has 0 radical (unpaired) electrons. The summed E-state index contributed by atoms with van der Waals surface area (Å²) in [5, 5.41) is 8.79. The molecular formula is C13H10FN3O.